The van der Waals surface area contributed by atoms with Crippen LogP contribution in [-0.2, 0) is 4.79 Å². The Morgan fingerprint density at radius 3 is 2.72 bits per heavy atom. The van der Waals surface area contributed by atoms with Gasteiger partial charge in [0.05, 0.1) is 17.3 Å². The molecule has 0 unspecified atom stereocenters. The number of hydrogen-bond acceptors (Lipinski definition) is 6. The molecule has 4 rings (SSSR count). The van der Waals surface area contributed by atoms with E-state index in [0.29, 0.717) is 0 Å². The van der Waals surface area contributed by atoms with Gasteiger partial charge in [0.1, 0.15) is 5.75 Å². The first-order valence-electron chi connectivity index (χ1n) is 11.4. The van der Waals surface area contributed by atoms with Gasteiger partial charge in [-0.05, 0) is 56.5 Å². The van der Waals surface area contributed by atoms with Crippen LogP contribution in [0.1, 0.15) is 26.2 Å². The summed E-state index contributed by atoms with van der Waals surface area (Å²) in [5.74, 6) is 1.15. The predicted molar refractivity (Wildman–Crippen MR) is 133 cm³/mol. The first-order valence-corrected chi connectivity index (χ1v) is 12.3. The van der Waals surface area contributed by atoms with Crippen LogP contribution in [0.2, 0.25) is 0 Å². The van der Waals surface area contributed by atoms with E-state index >= 15 is 0 Å². The Balaban J connectivity index is 1.21. The largest absolute Gasteiger partial charge is 0.497 e. The monoisotopic (exact) mass is 452 g/mol. The fraction of sp³-hybridized carbons (Fsp3) is 0.440. The molecule has 32 heavy (non-hydrogen) atoms. The molecule has 170 valence electrons. The molecular weight excluding hydrogens is 420 g/mol. The zero-order chi connectivity index (χ0) is 22.3. The van der Waals surface area contributed by atoms with Crippen molar-refractivity contribution in [3.8, 4) is 5.75 Å². The highest BCUT2D eigenvalue weighted by molar-refractivity contribution is 7.22. The summed E-state index contributed by atoms with van der Waals surface area (Å²) in [5.41, 5.74) is 2.24. The minimum Gasteiger partial charge on any atom is -0.497 e. The molecule has 1 aliphatic heterocycles. The molecule has 0 radical (unpaired) electrons. The van der Waals surface area contributed by atoms with Crippen molar-refractivity contribution in [2.24, 2.45) is 5.92 Å². The average Bonchev–Trinajstić information content (AvgIpc) is 3.28. The lowest BCUT2D eigenvalue weighted by Crippen LogP contribution is -2.41. The molecule has 0 aliphatic carbocycles. The predicted octanol–water partition coefficient (Wildman–Crippen LogP) is 4.55. The highest BCUT2D eigenvalue weighted by Gasteiger charge is 2.26. The van der Waals surface area contributed by atoms with Crippen LogP contribution in [0.15, 0.2) is 48.5 Å². The van der Waals surface area contributed by atoms with E-state index in [2.05, 4.69) is 46.3 Å². The SMILES string of the molecule is CCN(CCCNC(=O)C1CCN(c2nc3ccc(OC)cc3s2)CC1)c1ccccc1. The number of amides is 1. The van der Waals surface area contributed by atoms with E-state index in [-0.39, 0.29) is 11.8 Å². The summed E-state index contributed by atoms with van der Waals surface area (Å²) in [7, 11) is 1.68. The summed E-state index contributed by atoms with van der Waals surface area (Å²) in [6.07, 6.45) is 2.69. The van der Waals surface area contributed by atoms with Gasteiger partial charge in [-0.1, -0.05) is 29.5 Å². The maximum Gasteiger partial charge on any atom is 0.223 e. The van der Waals surface area contributed by atoms with Gasteiger partial charge in [0.25, 0.3) is 0 Å². The van der Waals surface area contributed by atoms with Crippen LogP contribution in [0.3, 0.4) is 0 Å². The molecule has 0 bridgehead atoms. The normalized spacial score (nSPS) is 14.5. The first-order chi connectivity index (χ1) is 15.7. The average molecular weight is 453 g/mol. The van der Waals surface area contributed by atoms with Crippen molar-refractivity contribution in [2.75, 3.05) is 49.6 Å². The second-order valence-corrected chi connectivity index (χ2v) is 9.16. The number of carbonyl (C=O) groups excluding carboxylic acids is 1. The molecule has 2 heterocycles. The lowest BCUT2D eigenvalue weighted by molar-refractivity contribution is -0.125. The van der Waals surface area contributed by atoms with Crippen LogP contribution in [0.25, 0.3) is 10.2 Å². The number of ether oxygens (including phenoxy) is 1. The number of hydrogen-bond donors (Lipinski definition) is 1. The Morgan fingerprint density at radius 1 is 1.22 bits per heavy atom. The maximum absolute atomic E-state index is 12.7. The second-order valence-electron chi connectivity index (χ2n) is 8.15. The third-order valence-electron chi connectivity index (χ3n) is 6.13. The summed E-state index contributed by atoms with van der Waals surface area (Å²) in [5, 5.41) is 4.20. The van der Waals surface area contributed by atoms with Crippen LogP contribution >= 0.6 is 11.3 Å². The van der Waals surface area contributed by atoms with E-state index in [4.69, 9.17) is 9.72 Å². The van der Waals surface area contributed by atoms with Gasteiger partial charge in [0.15, 0.2) is 5.13 Å². The quantitative estimate of drug-likeness (QED) is 0.483. The minimum absolute atomic E-state index is 0.0946. The minimum atomic E-state index is 0.0946. The van der Waals surface area contributed by atoms with Crippen molar-refractivity contribution in [3.05, 3.63) is 48.5 Å². The molecule has 6 nitrogen and oxygen atoms in total. The number of para-hydroxylation sites is 1. The number of piperidine rings is 1. The fourth-order valence-corrected chi connectivity index (χ4v) is 5.27. The zero-order valence-electron chi connectivity index (χ0n) is 18.9. The van der Waals surface area contributed by atoms with Gasteiger partial charge >= 0.3 is 0 Å². The molecule has 1 N–H and O–H groups in total. The molecule has 7 heteroatoms. The molecule has 1 saturated heterocycles. The van der Waals surface area contributed by atoms with E-state index in [1.165, 1.54) is 5.69 Å². The topological polar surface area (TPSA) is 57.7 Å². The molecule has 0 atom stereocenters. The summed E-state index contributed by atoms with van der Waals surface area (Å²) in [6.45, 7) is 6.54. The molecular formula is C25H32N4O2S. The number of nitrogens with one attached hydrogen (secondary N) is 1. The molecule has 0 spiro atoms. The van der Waals surface area contributed by atoms with E-state index in [1.807, 2.05) is 24.3 Å². The standard InChI is InChI=1S/C25H32N4O2S/c1-3-28(20-8-5-4-6-9-20)15-7-14-26-24(30)19-12-16-29(17-13-19)25-27-22-11-10-21(31-2)18-23(22)32-25/h4-6,8-11,18-19H,3,7,12-17H2,1-2H3,(H,26,30). The van der Waals surface area contributed by atoms with Crippen LogP contribution < -0.4 is 19.9 Å². The lowest BCUT2D eigenvalue weighted by atomic mass is 9.96. The van der Waals surface area contributed by atoms with Gasteiger partial charge in [-0.2, -0.15) is 0 Å². The maximum atomic E-state index is 12.7. The summed E-state index contributed by atoms with van der Waals surface area (Å²) >= 11 is 1.69. The number of nitrogens with zero attached hydrogens (tertiary/aromatic N) is 3. The number of benzene rings is 2. The van der Waals surface area contributed by atoms with Crippen molar-refractivity contribution in [2.45, 2.75) is 26.2 Å². The van der Waals surface area contributed by atoms with Gasteiger partial charge in [-0.25, -0.2) is 4.98 Å². The Hall–Kier alpha value is -2.80. The van der Waals surface area contributed by atoms with Crippen molar-refractivity contribution < 1.29 is 9.53 Å². The zero-order valence-corrected chi connectivity index (χ0v) is 19.7. The molecule has 1 aromatic heterocycles. The Labute approximate surface area is 194 Å². The number of rotatable bonds is 9. The first kappa shape index (κ1) is 22.4. The third kappa shape index (κ3) is 5.33. The fourth-order valence-electron chi connectivity index (χ4n) is 4.22. The van der Waals surface area contributed by atoms with Crippen LogP contribution in [-0.4, -0.2) is 50.7 Å². The number of thiazole rings is 1. The van der Waals surface area contributed by atoms with Gasteiger partial charge in [-0.3, -0.25) is 4.79 Å². The van der Waals surface area contributed by atoms with E-state index in [0.717, 1.165) is 73.1 Å². The van der Waals surface area contributed by atoms with E-state index in [9.17, 15) is 4.79 Å². The van der Waals surface area contributed by atoms with Gasteiger partial charge in [-0.15, -0.1) is 0 Å². The summed E-state index contributed by atoms with van der Waals surface area (Å²) in [6, 6.07) is 16.4. The van der Waals surface area contributed by atoms with Crippen LogP contribution in [0, 0.1) is 5.92 Å². The Bertz CT molecular complexity index is 1020. The number of anilines is 2. The Kier molecular flexibility index (Phi) is 7.47. The number of aromatic nitrogens is 1. The molecule has 1 fully saturated rings. The summed E-state index contributed by atoms with van der Waals surface area (Å²) < 4.78 is 6.45. The molecule has 2 aromatic carbocycles. The highest BCUT2D eigenvalue weighted by atomic mass is 32.1. The number of methoxy groups -OCH3 is 1. The lowest BCUT2D eigenvalue weighted by Gasteiger charge is -2.31. The van der Waals surface area contributed by atoms with Crippen LogP contribution in [0.5, 0.6) is 5.75 Å². The van der Waals surface area contributed by atoms with Crippen molar-refractivity contribution >= 4 is 38.3 Å². The highest BCUT2D eigenvalue weighted by Crippen LogP contribution is 2.33. The smallest absolute Gasteiger partial charge is 0.223 e. The summed E-state index contributed by atoms with van der Waals surface area (Å²) in [4.78, 5) is 22.1. The second kappa shape index (κ2) is 10.7. The Morgan fingerprint density at radius 2 is 2.00 bits per heavy atom. The third-order valence-corrected chi connectivity index (χ3v) is 7.21. The molecule has 0 saturated carbocycles. The van der Waals surface area contributed by atoms with E-state index < -0.39 is 0 Å². The van der Waals surface area contributed by atoms with Gasteiger partial charge in [0.2, 0.25) is 5.91 Å². The van der Waals surface area contributed by atoms with Crippen molar-refractivity contribution in [3.63, 3.8) is 0 Å². The number of fused-ring (bicyclic) bond motifs is 1. The van der Waals surface area contributed by atoms with Crippen molar-refractivity contribution in [1.29, 1.82) is 0 Å². The van der Waals surface area contributed by atoms with Crippen molar-refractivity contribution in [1.82, 2.24) is 10.3 Å². The molecule has 3 aromatic rings. The van der Waals surface area contributed by atoms with Gasteiger partial charge < -0.3 is 19.9 Å². The molecule has 1 amide bonds. The number of carbonyl (C=O) groups is 1. The van der Waals surface area contributed by atoms with E-state index in [1.54, 1.807) is 18.4 Å². The van der Waals surface area contributed by atoms with Crippen LogP contribution in [0.4, 0.5) is 10.8 Å². The molecule has 1 aliphatic rings. The van der Waals surface area contributed by atoms with Gasteiger partial charge in [0, 0.05) is 44.3 Å².